The van der Waals surface area contributed by atoms with Crippen molar-refractivity contribution in [2.45, 2.75) is 32.2 Å². The normalized spacial score (nSPS) is 19.4. The summed E-state index contributed by atoms with van der Waals surface area (Å²) in [4.78, 5) is 11.3. The van der Waals surface area contributed by atoms with E-state index in [0.29, 0.717) is 12.1 Å². The van der Waals surface area contributed by atoms with Crippen LogP contribution in [0.25, 0.3) is 11.8 Å². The van der Waals surface area contributed by atoms with E-state index in [9.17, 15) is 8.78 Å². The van der Waals surface area contributed by atoms with Crippen molar-refractivity contribution >= 4 is 11.9 Å². The number of aliphatic imine (C=N–C) groups is 1. The minimum Gasteiger partial charge on any atom is -0.495 e. The minimum atomic E-state index is -0.540. The molecule has 3 heterocycles. The Morgan fingerprint density at radius 2 is 1.94 bits per heavy atom. The summed E-state index contributed by atoms with van der Waals surface area (Å²) in [5.41, 5.74) is 4.69. The molecule has 0 aliphatic carbocycles. The maximum absolute atomic E-state index is 13.9. The van der Waals surface area contributed by atoms with Crippen molar-refractivity contribution < 1.29 is 13.5 Å². The van der Waals surface area contributed by atoms with Crippen LogP contribution >= 0.6 is 0 Å². The van der Waals surface area contributed by atoms with Gasteiger partial charge in [-0.15, -0.1) is 0 Å². The van der Waals surface area contributed by atoms with Crippen molar-refractivity contribution in [3.63, 3.8) is 0 Å². The fourth-order valence-electron chi connectivity index (χ4n) is 4.79. The average molecular weight is 449 g/mol. The molecule has 3 aromatic rings. The van der Waals surface area contributed by atoms with Gasteiger partial charge < -0.3 is 14.2 Å². The van der Waals surface area contributed by atoms with E-state index in [4.69, 9.17) is 9.73 Å². The van der Waals surface area contributed by atoms with Gasteiger partial charge in [0.2, 0.25) is 0 Å². The third-order valence-corrected chi connectivity index (χ3v) is 6.25. The molecule has 1 saturated heterocycles. The lowest BCUT2D eigenvalue weighted by molar-refractivity contribution is 0.272. The molecule has 1 aromatic heterocycles. The van der Waals surface area contributed by atoms with Crippen LogP contribution in [0.2, 0.25) is 0 Å². The first-order chi connectivity index (χ1) is 16.0. The monoisotopic (exact) mass is 448 g/mol. The zero-order chi connectivity index (χ0) is 22.9. The Morgan fingerprint density at radius 3 is 2.67 bits per heavy atom. The van der Waals surface area contributed by atoms with Crippen LogP contribution in [0.1, 0.15) is 42.1 Å². The molecule has 0 radical (unpaired) electrons. The van der Waals surface area contributed by atoms with Gasteiger partial charge in [-0.3, -0.25) is 4.99 Å². The van der Waals surface area contributed by atoms with Gasteiger partial charge in [-0.05, 0) is 73.2 Å². The first-order valence-electron chi connectivity index (χ1n) is 11.2. The lowest BCUT2D eigenvalue weighted by atomic mass is 9.93. The second-order valence-electron chi connectivity index (χ2n) is 8.53. The number of nitrogens with zero attached hydrogens (tertiary/aromatic N) is 4. The zero-order valence-corrected chi connectivity index (χ0v) is 18.8. The number of rotatable bonds is 4. The van der Waals surface area contributed by atoms with E-state index >= 15 is 0 Å². The molecule has 5 rings (SSSR count). The van der Waals surface area contributed by atoms with Crippen LogP contribution in [0, 0.1) is 18.6 Å². The Hall–Kier alpha value is -3.48. The molecule has 2 aromatic carbocycles. The Kier molecular flexibility index (Phi) is 5.70. The Morgan fingerprint density at radius 1 is 1.12 bits per heavy atom. The summed E-state index contributed by atoms with van der Waals surface area (Å²) in [6.07, 6.45) is 8.49. The van der Waals surface area contributed by atoms with E-state index in [1.807, 2.05) is 29.8 Å². The van der Waals surface area contributed by atoms with Gasteiger partial charge in [0.15, 0.2) is 0 Å². The van der Waals surface area contributed by atoms with Gasteiger partial charge in [-0.2, -0.15) is 0 Å². The first kappa shape index (κ1) is 21.4. The van der Waals surface area contributed by atoms with Crippen molar-refractivity contribution in [3.8, 4) is 11.4 Å². The molecule has 2 aliphatic heterocycles. The van der Waals surface area contributed by atoms with E-state index in [-0.39, 0.29) is 6.04 Å². The molecular formula is C26H26F2N4O. The third kappa shape index (κ3) is 4.27. The minimum absolute atomic E-state index is 0.0761. The number of aryl methyl sites for hydroxylation is 1. The number of piperidine rings is 1. The standard InChI is InChI=1S/C26H26F2N4O/c1-17-15-31(16-30-17)24-6-5-18(11-25(24)33-2)10-19-4-3-9-32-23(7-8-29-26(19)32)20-12-21(27)14-22(28)13-20/h5-6,10-16,23H,3-4,7-9H2,1-2H3. The van der Waals surface area contributed by atoms with Gasteiger partial charge in [-0.1, -0.05) is 6.07 Å². The van der Waals surface area contributed by atoms with Crippen molar-refractivity contribution in [1.29, 1.82) is 0 Å². The molecule has 170 valence electrons. The van der Waals surface area contributed by atoms with Crippen molar-refractivity contribution in [3.05, 3.63) is 83.0 Å². The summed E-state index contributed by atoms with van der Waals surface area (Å²) in [7, 11) is 1.66. The smallest absolute Gasteiger partial charge is 0.143 e. The van der Waals surface area contributed by atoms with Crippen LogP contribution < -0.4 is 4.74 Å². The highest BCUT2D eigenvalue weighted by Crippen LogP contribution is 2.35. The lowest BCUT2D eigenvalue weighted by Gasteiger charge is -2.41. The number of benzene rings is 2. The maximum Gasteiger partial charge on any atom is 0.143 e. The fourth-order valence-corrected chi connectivity index (χ4v) is 4.79. The average Bonchev–Trinajstić information content (AvgIpc) is 3.24. The maximum atomic E-state index is 13.9. The lowest BCUT2D eigenvalue weighted by Crippen LogP contribution is -2.43. The highest BCUT2D eigenvalue weighted by Gasteiger charge is 2.31. The number of aromatic nitrogens is 2. The van der Waals surface area contributed by atoms with Gasteiger partial charge in [0.25, 0.3) is 0 Å². The van der Waals surface area contributed by atoms with Crippen molar-refractivity contribution in [2.24, 2.45) is 4.99 Å². The fraction of sp³-hybridized carbons (Fsp3) is 0.308. The molecule has 0 spiro atoms. The van der Waals surface area contributed by atoms with Crippen LogP contribution in [0.3, 0.4) is 0 Å². The number of imidazole rings is 1. The molecule has 1 fully saturated rings. The molecule has 0 N–H and O–H groups in total. The second kappa shape index (κ2) is 8.81. The third-order valence-electron chi connectivity index (χ3n) is 6.25. The number of fused-ring (bicyclic) bond motifs is 1. The van der Waals surface area contributed by atoms with Crippen molar-refractivity contribution in [1.82, 2.24) is 14.5 Å². The van der Waals surface area contributed by atoms with Gasteiger partial charge in [-0.25, -0.2) is 13.8 Å². The Balaban J connectivity index is 1.46. The Bertz CT molecular complexity index is 1230. The SMILES string of the molecule is COc1cc(C=C2CCCN3C2=NCCC3c2cc(F)cc(F)c2)ccc1-n1cnc(C)c1. The quantitative estimate of drug-likeness (QED) is 0.530. The summed E-state index contributed by atoms with van der Waals surface area (Å²) >= 11 is 0. The van der Waals surface area contributed by atoms with Crippen LogP contribution in [0.5, 0.6) is 5.75 Å². The highest BCUT2D eigenvalue weighted by atomic mass is 19.1. The molecule has 33 heavy (non-hydrogen) atoms. The molecule has 2 aliphatic rings. The summed E-state index contributed by atoms with van der Waals surface area (Å²) < 4.78 is 35.4. The van der Waals surface area contributed by atoms with Crippen LogP contribution in [-0.2, 0) is 0 Å². The highest BCUT2D eigenvalue weighted by molar-refractivity contribution is 6.03. The van der Waals surface area contributed by atoms with Gasteiger partial charge in [0, 0.05) is 25.4 Å². The van der Waals surface area contributed by atoms with Crippen molar-refractivity contribution in [2.75, 3.05) is 20.2 Å². The Labute approximate surface area is 192 Å². The molecule has 0 saturated carbocycles. The number of amidine groups is 1. The molecule has 0 amide bonds. The molecule has 1 atom stereocenters. The predicted octanol–water partition coefficient (Wildman–Crippen LogP) is 5.49. The summed E-state index contributed by atoms with van der Waals surface area (Å²) in [5, 5.41) is 0. The predicted molar refractivity (Wildman–Crippen MR) is 125 cm³/mol. The topological polar surface area (TPSA) is 42.6 Å². The largest absolute Gasteiger partial charge is 0.495 e. The summed E-state index contributed by atoms with van der Waals surface area (Å²) in [6, 6.07) is 9.82. The van der Waals surface area contributed by atoms with E-state index in [1.54, 1.807) is 13.4 Å². The number of ether oxygens (including phenoxy) is 1. The van der Waals surface area contributed by atoms with Crippen LogP contribution in [0.15, 0.2) is 59.5 Å². The molecule has 7 heteroatoms. The van der Waals surface area contributed by atoms with Gasteiger partial charge in [0.05, 0.1) is 30.9 Å². The number of halogens is 2. The summed E-state index contributed by atoms with van der Waals surface area (Å²) in [5.74, 6) is 0.604. The summed E-state index contributed by atoms with van der Waals surface area (Å²) in [6.45, 7) is 3.41. The van der Waals surface area contributed by atoms with Crippen LogP contribution in [-0.4, -0.2) is 40.5 Å². The second-order valence-corrected chi connectivity index (χ2v) is 8.53. The van der Waals surface area contributed by atoms with Crippen LogP contribution in [0.4, 0.5) is 8.78 Å². The van der Waals surface area contributed by atoms with E-state index < -0.39 is 11.6 Å². The molecule has 0 bridgehead atoms. The van der Waals surface area contributed by atoms with Gasteiger partial charge >= 0.3 is 0 Å². The molecule has 1 unspecified atom stereocenters. The number of hydrogen-bond donors (Lipinski definition) is 0. The number of methoxy groups -OCH3 is 1. The number of hydrogen-bond acceptors (Lipinski definition) is 4. The van der Waals surface area contributed by atoms with E-state index in [2.05, 4.69) is 22.0 Å². The van der Waals surface area contributed by atoms with E-state index in [1.165, 1.54) is 12.1 Å². The van der Waals surface area contributed by atoms with Gasteiger partial charge in [0.1, 0.15) is 23.2 Å². The molecule has 5 nitrogen and oxygen atoms in total. The van der Waals surface area contributed by atoms with E-state index in [0.717, 1.165) is 66.0 Å². The molecular weight excluding hydrogens is 422 g/mol. The zero-order valence-electron chi connectivity index (χ0n) is 18.8. The first-order valence-corrected chi connectivity index (χ1v) is 11.2.